The van der Waals surface area contributed by atoms with Crippen molar-refractivity contribution in [2.45, 2.75) is 19.4 Å². The molecule has 0 saturated carbocycles. The van der Waals surface area contributed by atoms with Crippen LogP contribution in [0.2, 0.25) is 0 Å². The molecule has 0 aromatic heterocycles. The Kier molecular flexibility index (Phi) is 3.57. The van der Waals surface area contributed by atoms with Crippen molar-refractivity contribution in [1.29, 1.82) is 0 Å². The van der Waals surface area contributed by atoms with Crippen molar-refractivity contribution in [2.24, 2.45) is 0 Å². The van der Waals surface area contributed by atoms with Crippen LogP contribution in [-0.2, 0) is 0 Å². The number of aliphatic hydroxyl groups is 1. The van der Waals surface area contributed by atoms with Crippen LogP contribution in [0, 0.1) is 5.82 Å². The summed E-state index contributed by atoms with van der Waals surface area (Å²) in [7, 11) is 0. The van der Waals surface area contributed by atoms with Crippen LogP contribution in [0.3, 0.4) is 0 Å². The maximum absolute atomic E-state index is 13.2. The first kappa shape index (κ1) is 12.3. The standard InChI is InChI=1S/C10H14BrFN2O/c1-10(2,5-15)14-9-4-7(12)6(11)3-8(9)13/h3-4,14-15H,5,13H2,1-2H3. The average molecular weight is 277 g/mol. The minimum absolute atomic E-state index is 0.0654. The molecule has 15 heavy (non-hydrogen) atoms. The van der Waals surface area contributed by atoms with Crippen LogP contribution in [0.4, 0.5) is 15.8 Å². The lowest BCUT2D eigenvalue weighted by Gasteiger charge is -2.25. The fourth-order valence-corrected chi connectivity index (χ4v) is 1.44. The summed E-state index contributed by atoms with van der Waals surface area (Å²) >= 11 is 3.04. The second kappa shape index (κ2) is 4.37. The molecule has 1 rings (SSSR count). The first-order valence-electron chi connectivity index (χ1n) is 4.49. The van der Waals surface area contributed by atoms with Gasteiger partial charge < -0.3 is 16.2 Å². The number of hydrogen-bond donors (Lipinski definition) is 3. The quantitative estimate of drug-likeness (QED) is 0.743. The largest absolute Gasteiger partial charge is 0.397 e. The van der Waals surface area contributed by atoms with Crippen LogP contribution in [0.5, 0.6) is 0 Å². The molecule has 0 fully saturated rings. The van der Waals surface area contributed by atoms with E-state index < -0.39 is 5.54 Å². The fourth-order valence-electron chi connectivity index (χ4n) is 1.07. The van der Waals surface area contributed by atoms with E-state index in [9.17, 15) is 4.39 Å². The molecule has 0 heterocycles. The van der Waals surface area contributed by atoms with Crippen LogP contribution >= 0.6 is 15.9 Å². The molecule has 4 N–H and O–H groups in total. The lowest BCUT2D eigenvalue weighted by Crippen LogP contribution is -2.35. The predicted octanol–water partition coefficient (Wildman–Crippen LogP) is 2.35. The Balaban J connectivity index is 3.01. The number of rotatable bonds is 3. The molecule has 0 aliphatic rings. The number of aliphatic hydroxyl groups excluding tert-OH is 1. The van der Waals surface area contributed by atoms with Crippen LogP contribution < -0.4 is 11.1 Å². The molecule has 0 bridgehead atoms. The van der Waals surface area contributed by atoms with E-state index in [-0.39, 0.29) is 12.4 Å². The Morgan fingerprint density at radius 3 is 2.67 bits per heavy atom. The molecule has 0 saturated heterocycles. The molecule has 0 aliphatic heterocycles. The van der Waals surface area contributed by atoms with E-state index in [2.05, 4.69) is 21.2 Å². The minimum atomic E-state index is -0.533. The van der Waals surface area contributed by atoms with Gasteiger partial charge in [-0.2, -0.15) is 0 Å². The number of anilines is 2. The van der Waals surface area contributed by atoms with Gasteiger partial charge in [-0.25, -0.2) is 4.39 Å². The van der Waals surface area contributed by atoms with Gasteiger partial charge in [0.05, 0.1) is 28.0 Å². The molecule has 0 aliphatic carbocycles. The summed E-state index contributed by atoms with van der Waals surface area (Å²) in [6.45, 7) is 3.53. The summed E-state index contributed by atoms with van der Waals surface area (Å²) < 4.78 is 13.6. The third-order valence-corrected chi connectivity index (χ3v) is 2.57. The van der Waals surface area contributed by atoms with E-state index in [0.29, 0.717) is 15.8 Å². The van der Waals surface area contributed by atoms with Gasteiger partial charge in [-0.3, -0.25) is 0 Å². The molecule has 5 heteroatoms. The molecular weight excluding hydrogens is 263 g/mol. The van der Waals surface area contributed by atoms with Crippen molar-refractivity contribution >= 4 is 27.3 Å². The van der Waals surface area contributed by atoms with Crippen molar-refractivity contribution < 1.29 is 9.50 Å². The summed E-state index contributed by atoms with van der Waals surface area (Å²) in [5, 5.41) is 12.0. The van der Waals surface area contributed by atoms with Crippen LogP contribution in [-0.4, -0.2) is 17.3 Å². The van der Waals surface area contributed by atoms with Gasteiger partial charge in [0, 0.05) is 6.07 Å². The van der Waals surface area contributed by atoms with Crippen LogP contribution in [0.1, 0.15) is 13.8 Å². The molecule has 0 unspecified atom stereocenters. The van der Waals surface area contributed by atoms with Gasteiger partial charge >= 0.3 is 0 Å². The molecule has 1 aromatic rings. The van der Waals surface area contributed by atoms with Crippen molar-refractivity contribution in [1.82, 2.24) is 0 Å². The SMILES string of the molecule is CC(C)(CO)Nc1cc(F)c(Br)cc1N. The molecule has 0 radical (unpaired) electrons. The number of halogens is 2. The van der Waals surface area contributed by atoms with Crippen molar-refractivity contribution in [3.05, 3.63) is 22.4 Å². The van der Waals surface area contributed by atoms with E-state index in [1.165, 1.54) is 12.1 Å². The number of hydrogen-bond acceptors (Lipinski definition) is 3. The van der Waals surface area contributed by atoms with Crippen molar-refractivity contribution in [2.75, 3.05) is 17.7 Å². The van der Waals surface area contributed by atoms with Gasteiger partial charge in [0.25, 0.3) is 0 Å². The smallest absolute Gasteiger partial charge is 0.139 e. The second-order valence-corrected chi connectivity index (χ2v) is 4.87. The first-order valence-corrected chi connectivity index (χ1v) is 5.28. The Morgan fingerprint density at radius 1 is 1.53 bits per heavy atom. The maximum atomic E-state index is 13.2. The van der Waals surface area contributed by atoms with Gasteiger partial charge in [0.1, 0.15) is 5.82 Å². The van der Waals surface area contributed by atoms with E-state index >= 15 is 0 Å². The minimum Gasteiger partial charge on any atom is -0.397 e. The van der Waals surface area contributed by atoms with Crippen molar-refractivity contribution in [3.8, 4) is 0 Å². The molecule has 0 atom stereocenters. The molecule has 0 amide bonds. The molecular formula is C10H14BrFN2O. The summed E-state index contributed by atoms with van der Waals surface area (Å²) in [5.74, 6) is -0.388. The van der Waals surface area contributed by atoms with Gasteiger partial charge in [-0.1, -0.05) is 0 Å². The Labute approximate surface area is 96.6 Å². The lowest BCUT2D eigenvalue weighted by atomic mass is 10.1. The number of nitrogens with two attached hydrogens (primary N) is 1. The van der Waals surface area contributed by atoms with Crippen LogP contribution in [0.25, 0.3) is 0 Å². The fraction of sp³-hybridized carbons (Fsp3) is 0.400. The first-order chi connectivity index (χ1) is 6.85. The summed E-state index contributed by atoms with van der Waals surface area (Å²) in [6, 6.07) is 2.79. The molecule has 1 aromatic carbocycles. The number of benzene rings is 1. The zero-order valence-electron chi connectivity index (χ0n) is 8.64. The van der Waals surface area contributed by atoms with Crippen LogP contribution in [0.15, 0.2) is 16.6 Å². The predicted molar refractivity (Wildman–Crippen MR) is 63.3 cm³/mol. The normalized spacial score (nSPS) is 11.5. The summed E-state index contributed by atoms with van der Waals surface area (Å²) in [4.78, 5) is 0. The second-order valence-electron chi connectivity index (χ2n) is 4.02. The highest BCUT2D eigenvalue weighted by atomic mass is 79.9. The highest BCUT2D eigenvalue weighted by Crippen LogP contribution is 2.28. The van der Waals surface area contributed by atoms with E-state index in [1.807, 2.05) is 0 Å². The van der Waals surface area contributed by atoms with Gasteiger partial charge in [0.15, 0.2) is 0 Å². The van der Waals surface area contributed by atoms with E-state index in [4.69, 9.17) is 10.8 Å². The number of nitrogen functional groups attached to an aromatic ring is 1. The van der Waals surface area contributed by atoms with Gasteiger partial charge in [-0.05, 0) is 35.8 Å². The highest BCUT2D eigenvalue weighted by molar-refractivity contribution is 9.10. The summed E-state index contributed by atoms with van der Waals surface area (Å²) in [5.41, 5.74) is 6.09. The van der Waals surface area contributed by atoms with Gasteiger partial charge in [-0.15, -0.1) is 0 Å². The summed E-state index contributed by atoms with van der Waals surface area (Å²) in [6.07, 6.45) is 0. The Bertz CT molecular complexity index is 369. The third-order valence-electron chi connectivity index (χ3n) is 1.96. The lowest BCUT2D eigenvalue weighted by molar-refractivity contribution is 0.234. The monoisotopic (exact) mass is 276 g/mol. The van der Waals surface area contributed by atoms with E-state index in [0.717, 1.165) is 0 Å². The Hall–Kier alpha value is -0.810. The molecule has 0 spiro atoms. The zero-order valence-corrected chi connectivity index (χ0v) is 10.2. The topological polar surface area (TPSA) is 58.3 Å². The average Bonchev–Trinajstić information content (AvgIpc) is 2.14. The third kappa shape index (κ3) is 3.07. The molecule has 3 nitrogen and oxygen atoms in total. The maximum Gasteiger partial charge on any atom is 0.139 e. The van der Waals surface area contributed by atoms with Crippen molar-refractivity contribution in [3.63, 3.8) is 0 Å². The zero-order chi connectivity index (χ0) is 11.6. The highest BCUT2D eigenvalue weighted by Gasteiger charge is 2.17. The van der Waals surface area contributed by atoms with Gasteiger partial charge in [0.2, 0.25) is 0 Å². The Morgan fingerprint density at radius 2 is 2.13 bits per heavy atom. The number of nitrogens with one attached hydrogen (secondary N) is 1. The molecule has 84 valence electrons. The van der Waals surface area contributed by atoms with E-state index in [1.54, 1.807) is 13.8 Å².